The lowest BCUT2D eigenvalue weighted by Gasteiger charge is -2.08. The fourth-order valence-corrected chi connectivity index (χ4v) is 5.04. The molecule has 168 valence electrons. The summed E-state index contributed by atoms with van der Waals surface area (Å²) in [4.78, 5) is 23.0. The van der Waals surface area contributed by atoms with Crippen LogP contribution in [0.15, 0.2) is 56.4 Å². The number of ketones is 2. The van der Waals surface area contributed by atoms with Crippen LogP contribution in [0.25, 0.3) is 0 Å². The first-order valence-corrected chi connectivity index (χ1v) is 12.5. The number of Topliss-reactive ketones (excluding diaryl/α,β-unsaturated/α-hetero) is 2. The minimum Gasteiger partial charge on any atom is -0.350 e. The molecule has 0 bridgehead atoms. The summed E-state index contributed by atoms with van der Waals surface area (Å²) in [6, 6.07) is 4.09. The van der Waals surface area contributed by atoms with E-state index in [0.717, 1.165) is 18.2 Å². The van der Waals surface area contributed by atoms with Crippen LogP contribution in [0.5, 0.6) is 0 Å². The third-order valence-electron chi connectivity index (χ3n) is 4.64. The highest BCUT2D eigenvalue weighted by molar-refractivity contribution is 7.86. The molecule has 0 radical (unpaired) electrons. The molecule has 0 saturated carbocycles. The van der Waals surface area contributed by atoms with Crippen molar-refractivity contribution in [1.82, 2.24) is 0 Å². The summed E-state index contributed by atoms with van der Waals surface area (Å²) in [5, 5.41) is 4.92. The van der Waals surface area contributed by atoms with E-state index in [0.29, 0.717) is 12.1 Å². The second kappa shape index (κ2) is 6.67. The largest absolute Gasteiger partial charge is 0.350 e. The number of carbonyl (C=O) groups is 2. The molecule has 0 spiro atoms. The second-order valence-electron chi connectivity index (χ2n) is 6.63. The molecule has 0 saturated heterocycles. The van der Waals surface area contributed by atoms with Crippen molar-refractivity contribution in [1.29, 1.82) is 0 Å². The number of fused-ring (bicyclic) bond motifs is 2. The molecule has 2 aromatic carbocycles. The van der Waals surface area contributed by atoms with Gasteiger partial charge in [0.15, 0.2) is 0 Å². The Morgan fingerprint density at radius 2 is 1.16 bits per heavy atom. The molecule has 5 N–H and O–H groups in total. The number of allylic oxidation sites excluding steroid dienone is 2. The molecule has 0 unspecified atom stereocenters. The van der Waals surface area contributed by atoms with E-state index in [1.807, 2.05) is 0 Å². The maximum absolute atomic E-state index is 12.9. The summed E-state index contributed by atoms with van der Waals surface area (Å²) in [7, 11) is -14.7. The molecule has 2 aliphatic heterocycles. The van der Waals surface area contributed by atoms with Crippen molar-refractivity contribution in [3.8, 4) is 0 Å². The molecule has 2 heterocycles. The summed E-state index contributed by atoms with van der Waals surface area (Å²) >= 11 is 0. The van der Waals surface area contributed by atoms with E-state index in [-0.39, 0.29) is 11.3 Å². The highest BCUT2D eigenvalue weighted by Gasteiger charge is 2.39. The number of anilines is 2. The maximum atomic E-state index is 12.9. The summed E-state index contributed by atoms with van der Waals surface area (Å²) in [5.74, 6) is -1.94. The Balaban J connectivity index is 1.90. The predicted molar refractivity (Wildman–Crippen MR) is 105 cm³/mol. The maximum Gasteiger partial charge on any atom is 0.296 e. The van der Waals surface area contributed by atoms with Gasteiger partial charge in [-0.25, -0.2) is 0 Å². The van der Waals surface area contributed by atoms with Crippen LogP contribution in [0, 0.1) is 0 Å². The summed E-state index contributed by atoms with van der Waals surface area (Å²) in [6.07, 6.45) is 0. The van der Waals surface area contributed by atoms with Crippen molar-refractivity contribution in [2.24, 2.45) is 0 Å². The van der Waals surface area contributed by atoms with Gasteiger partial charge in [0.1, 0.15) is 16.3 Å². The lowest BCUT2D eigenvalue weighted by atomic mass is 10.1. The van der Waals surface area contributed by atoms with Crippen molar-refractivity contribution in [2.75, 3.05) is 10.6 Å². The lowest BCUT2D eigenvalue weighted by molar-refractivity contribution is 0.101. The molecular formula is C16H10N2O11S3. The fourth-order valence-electron chi connectivity index (χ4n) is 3.23. The third kappa shape index (κ3) is 3.48. The molecule has 0 fully saturated rings. The lowest BCUT2D eigenvalue weighted by Crippen LogP contribution is -2.13. The van der Waals surface area contributed by atoms with E-state index < -0.39 is 79.3 Å². The van der Waals surface area contributed by atoms with E-state index in [9.17, 15) is 43.9 Å². The standard InChI is InChI=1S/C16H10N2O11S3/c19-15-8-3-6(30(21,22)23)1-2-10(8)17-13(15)14-16(20)9-4-7(31(24,25)26)5-11(12(9)18-14)32(27,28)29/h1-5,17-18H,(H,21,22,23)(H,24,25,26)(H,27,28,29)/b14-13+. The average Bonchev–Trinajstić information content (AvgIpc) is 3.16. The van der Waals surface area contributed by atoms with Gasteiger partial charge in [0.05, 0.1) is 26.7 Å². The van der Waals surface area contributed by atoms with E-state index >= 15 is 0 Å². The van der Waals surface area contributed by atoms with E-state index in [1.165, 1.54) is 0 Å². The smallest absolute Gasteiger partial charge is 0.296 e. The van der Waals surface area contributed by atoms with Crippen LogP contribution < -0.4 is 10.6 Å². The molecule has 0 atom stereocenters. The number of nitrogens with one attached hydrogen (secondary N) is 2. The molecule has 2 aliphatic rings. The van der Waals surface area contributed by atoms with Gasteiger partial charge in [0, 0.05) is 5.56 Å². The third-order valence-corrected chi connectivity index (χ3v) is 7.20. The van der Waals surface area contributed by atoms with Gasteiger partial charge < -0.3 is 10.6 Å². The minimum atomic E-state index is -5.08. The normalized spacial score (nSPS) is 18.2. The summed E-state index contributed by atoms with van der Waals surface area (Å²) in [5.41, 5.74) is -2.20. The first-order chi connectivity index (χ1) is 14.6. The number of hydrogen-bond donors (Lipinski definition) is 5. The van der Waals surface area contributed by atoms with Gasteiger partial charge in [0.25, 0.3) is 30.4 Å². The molecule has 0 amide bonds. The molecule has 4 rings (SSSR count). The molecule has 0 aliphatic carbocycles. The highest BCUT2D eigenvalue weighted by Crippen LogP contribution is 2.40. The van der Waals surface area contributed by atoms with Gasteiger partial charge in [-0.1, -0.05) is 0 Å². The topological polar surface area (TPSA) is 221 Å². The number of carbonyl (C=O) groups excluding carboxylic acids is 2. The Morgan fingerprint density at radius 1 is 0.625 bits per heavy atom. The Morgan fingerprint density at radius 3 is 1.72 bits per heavy atom. The number of hydrogen-bond acceptors (Lipinski definition) is 10. The summed E-state index contributed by atoms with van der Waals surface area (Å²) in [6.45, 7) is 0. The van der Waals surface area contributed by atoms with Crippen molar-refractivity contribution in [2.45, 2.75) is 14.7 Å². The summed E-state index contributed by atoms with van der Waals surface area (Å²) < 4.78 is 96.9. The van der Waals surface area contributed by atoms with Gasteiger partial charge in [-0.3, -0.25) is 23.2 Å². The Hall–Kier alpha value is -3.15. The number of benzene rings is 2. The zero-order valence-corrected chi connectivity index (χ0v) is 17.7. The van der Waals surface area contributed by atoms with Crippen LogP contribution in [0.2, 0.25) is 0 Å². The molecule has 13 nitrogen and oxygen atoms in total. The van der Waals surface area contributed by atoms with Crippen LogP contribution in [0.1, 0.15) is 20.7 Å². The monoisotopic (exact) mass is 502 g/mol. The first kappa shape index (κ1) is 22.1. The van der Waals surface area contributed by atoms with Crippen molar-refractivity contribution < 1.29 is 48.5 Å². The van der Waals surface area contributed by atoms with E-state index in [2.05, 4.69) is 10.6 Å². The Bertz CT molecular complexity index is 1620. The van der Waals surface area contributed by atoms with Crippen LogP contribution in [0.3, 0.4) is 0 Å². The van der Waals surface area contributed by atoms with Crippen molar-refractivity contribution in [3.63, 3.8) is 0 Å². The number of rotatable bonds is 3. The van der Waals surface area contributed by atoms with Gasteiger partial charge in [-0.2, -0.15) is 25.3 Å². The van der Waals surface area contributed by atoms with Gasteiger partial charge >= 0.3 is 0 Å². The predicted octanol–water partition coefficient (Wildman–Crippen LogP) is 0.555. The van der Waals surface area contributed by atoms with Gasteiger partial charge in [0.2, 0.25) is 11.6 Å². The van der Waals surface area contributed by atoms with Crippen LogP contribution >= 0.6 is 0 Å². The fraction of sp³-hybridized carbons (Fsp3) is 0. The zero-order chi connectivity index (χ0) is 23.8. The van der Waals surface area contributed by atoms with Gasteiger partial charge in [-0.05, 0) is 30.3 Å². The second-order valence-corrected chi connectivity index (χ2v) is 10.9. The van der Waals surface area contributed by atoms with Gasteiger partial charge in [-0.15, -0.1) is 0 Å². The van der Waals surface area contributed by atoms with Crippen LogP contribution in [-0.2, 0) is 30.4 Å². The Labute approximate surface area is 180 Å². The van der Waals surface area contributed by atoms with E-state index in [1.54, 1.807) is 0 Å². The SMILES string of the molecule is O=C1/C(=C2\Nc3c(cc(S(=O)(=O)O)cc3S(=O)(=O)O)C2=O)Nc2ccc(S(=O)(=O)O)cc21. The quantitative estimate of drug-likeness (QED) is 0.286. The van der Waals surface area contributed by atoms with Crippen LogP contribution in [-0.4, -0.2) is 50.5 Å². The molecule has 2 aromatic rings. The molecule has 32 heavy (non-hydrogen) atoms. The van der Waals surface area contributed by atoms with Crippen molar-refractivity contribution in [3.05, 3.63) is 52.9 Å². The van der Waals surface area contributed by atoms with Crippen molar-refractivity contribution >= 4 is 53.3 Å². The van der Waals surface area contributed by atoms with Crippen LogP contribution in [0.4, 0.5) is 11.4 Å². The zero-order valence-electron chi connectivity index (χ0n) is 15.2. The van der Waals surface area contributed by atoms with E-state index in [4.69, 9.17) is 4.55 Å². The first-order valence-electron chi connectivity index (χ1n) is 8.21. The average molecular weight is 502 g/mol. The molecular weight excluding hydrogens is 492 g/mol. The molecule has 16 heteroatoms. The highest BCUT2D eigenvalue weighted by atomic mass is 32.2. The Kier molecular flexibility index (Phi) is 4.60. The minimum absolute atomic E-state index is 0.0732. The molecule has 0 aromatic heterocycles.